The van der Waals surface area contributed by atoms with Crippen LogP contribution in [0.3, 0.4) is 0 Å². The Kier molecular flexibility index (Phi) is 3.42. The Morgan fingerprint density at radius 3 is 2.04 bits per heavy atom. The molecule has 1 aromatic carbocycles. The summed E-state index contributed by atoms with van der Waals surface area (Å²) < 4.78 is 22.7. The summed E-state index contributed by atoms with van der Waals surface area (Å²) in [6.45, 7) is 0. The zero-order valence-corrected chi connectivity index (χ0v) is 14.3. The first-order valence-electron chi connectivity index (χ1n) is 7.58. The number of nitrogens with zero attached hydrogens (tertiary/aromatic N) is 1. The van der Waals surface area contributed by atoms with Crippen LogP contribution in [0.4, 0.5) is 0 Å². The van der Waals surface area contributed by atoms with Crippen molar-refractivity contribution in [2.45, 2.75) is 17.9 Å². The van der Waals surface area contributed by atoms with Gasteiger partial charge in [-0.15, -0.1) is 0 Å². The fourth-order valence-electron chi connectivity index (χ4n) is 3.02. The number of rotatable bonds is 3. The van der Waals surface area contributed by atoms with Crippen LogP contribution in [0.5, 0.6) is 0 Å². The van der Waals surface area contributed by atoms with Crippen molar-refractivity contribution >= 4 is 32.8 Å². The first-order chi connectivity index (χ1) is 11.4. The predicted octanol–water partition coefficient (Wildman–Crippen LogP) is 3.64. The van der Waals surface area contributed by atoms with Gasteiger partial charge in [0.05, 0.1) is 0 Å². The van der Waals surface area contributed by atoms with Crippen LogP contribution >= 0.6 is 11.6 Å². The Bertz CT molecular complexity index is 971. The summed E-state index contributed by atoms with van der Waals surface area (Å²) in [5.74, 6) is 0. The molecule has 0 aliphatic heterocycles. The maximum atomic E-state index is 11.4. The number of sulfonamides is 1. The largest absolute Gasteiger partial charge is 0.255 e. The standard InChI is InChI=1S/C18H15ClN2O2S/c19-14-4-1-12(2-5-14)15-9-18(7-8-18)10-16(15)13-3-6-17(21-11-13)24(20,22)23/h1-6,9-11H,7-8H2,(H2,20,22,23). The molecule has 0 bridgehead atoms. The van der Waals surface area contributed by atoms with Gasteiger partial charge >= 0.3 is 0 Å². The van der Waals surface area contributed by atoms with Gasteiger partial charge in [-0.1, -0.05) is 35.9 Å². The predicted molar refractivity (Wildman–Crippen MR) is 94.7 cm³/mol. The third-order valence-electron chi connectivity index (χ3n) is 4.48. The maximum absolute atomic E-state index is 11.4. The van der Waals surface area contributed by atoms with Crippen LogP contribution in [-0.4, -0.2) is 13.4 Å². The lowest BCUT2D eigenvalue weighted by Crippen LogP contribution is -2.13. The van der Waals surface area contributed by atoms with Crippen LogP contribution in [0.2, 0.25) is 5.02 Å². The molecular formula is C18H15ClN2O2S. The van der Waals surface area contributed by atoms with Gasteiger partial charge in [0.1, 0.15) is 0 Å². The zero-order valence-electron chi connectivity index (χ0n) is 12.7. The van der Waals surface area contributed by atoms with Gasteiger partial charge in [0, 0.05) is 22.2 Å². The smallest absolute Gasteiger partial charge is 0.243 e. The van der Waals surface area contributed by atoms with Gasteiger partial charge in [0.15, 0.2) is 5.03 Å². The summed E-state index contributed by atoms with van der Waals surface area (Å²) >= 11 is 5.99. The average Bonchev–Trinajstić information content (AvgIpc) is 3.19. The number of allylic oxidation sites excluding steroid dienone is 4. The van der Waals surface area contributed by atoms with Crippen molar-refractivity contribution < 1.29 is 8.42 Å². The Morgan fingerprint density at radius 1 is 0.958 bits per heavy atom. The molecule has 4 nitrogen and oxygen atoms in total. The summed E-state index contributed by atoms with van der Waals surface area (Å²) in [4.78, 5) is 4.00. The lowest BCUT2D eigenvalue weighted by molar-refractivity contribution is 0.594. The van der Waals surface area contributed by atoms with Gasteiger partial charge in [0.25, 0.3) is 10.0 Å². The van der Waals surface area contributed by atoms with Gasteiger partial charge in [-0.3, -0.25) is 0 Å². The number of hydrogen-bond donors (Lipinski definition) is 1. The fourth-order valence-corrected chi connectivity index (χ4v) is 3.60. The lowest BCUT2D eigenvalue weighted by Gasteiger charge is -2.10. The molecule has 1 fully saturated rings. The van der Waals surface area contributed by atoms with Crippen molar-refractivity contribution in [3.05, 3.63) is 70.9 Å². The second-order valence-corrected chi connectivity index (χ2v) is 8.23. The topological polar surface area (TPSA) is 73.1 Å². The van der Waals surface area contributed by atoms with E-state index in [0.29, 0.717) is 5.02 Å². The molecule has 1 saturated carbocycles. The molecule has 6 heteroatoms. The van der Waals surface area contributed by atoms with E-state index in [-0.39, 0.29) is 10.4 Å². The van der Waals surface area contributed by atoms with Gasteiger partial charge in [-0.2, -0.15) is 0 Å². The van der Waals surface area contributed by atoms with Crippen LogP contribution in [0.1, 0.15) is 24.0 Å². The zero-order chi connectivity index (χ0) is 16.9. The van der Waals surface area contributed by atoms with Crippen molar-refractivity contribution in [2.75, 3.05) is 0 Å². The van der Waals surface area contributed by atoms with E-state index in [4.69, 9.17) is 16.7 Å². The van der Waals surface area contributed by atoms with Crippen molar-refractivity contribution in [3.8, 4) is 0 Å². The molecule has 0 radical (unpaired) electrons. The summed E-state index contributed by atoms with van der Waals surface area (Å²) in [5, 5.41) is 5.69. The van der Waals surface area contributed by atoms with Crippen LogP contribution in [0.15, 0.2) is 59.8 Å². The highest BCUT2D eigenvalue weighted by Crippen LogP contribution is 2.57. The van der Waals surface area contributed by atoms with Gasteiger partial charge in [-0.25, -0.2) is 18.5 Å². The minimum atomic E-state index is -3.78. The molecule has 2 N–H and O–H groups in total. The number of nitrogens with two attached hydrogens (primary N) is 1. The summed E-state index contributed by atoms with van der Waals surface area (Å²) in [6, 6.07) is 10.9. The third-order valence-corrected chi connectivity index (χ3v) is 5.55. The number of benzene rings is 1. The second kappa shape index (κ2) is 5.28. The first kappa shape index (κ1) is 15.6. The van der Waals surface area contributed by atoms with Crippen molar-refractivity contribution in [2.24, 2.45) is 10.6 Å². The normalized spacial score (nSPS) is 18.4. The summed E-state index contributed by atoms with van der Waals surface area (Å²) in [5.41, 5.74) is 4.32. The van der Waals surface area contributed by atoms with E-state index in [9.17, 15) is 8.42 Å². The van der Waals surface area contributed by atoms with E-state index >= 15 is 0 Å². The molecule has 1 heterocycles. The van der Waals surface area contributed by atoms with E-state index in [2.05, 4.69) is 17.1 Å². The summed E-state index contributed by atoms with van der Waals surface area (Å²) in [6.07, 6.45) is 8.38. The molecule has 2 aromatic rings. The highest BCUT2D eigenvalue weighted by molar-refractivity contribution is 7.89. The number of hydrogen-bond acceptors (Lipinski definition) is 3. The molecule has 2 aliphatic carbocycles. The average molecular weight is 359 g/mol. The molecule has 0 unspecified atom stereocenters. The number of aromatic nitrogens is 1. The molecule has 4 rings (SSSR count). The van der Waals surface area contributed by atoms with Crippen molar-refractivity contribution in [3.63, 3.8) is 0 Å². The summed E-state index contributed by atoms with van der Waals surface area (Å²) in [7, 11) is -3.78. The van der Waals surface area contributed by atoms with Gasteiger partial charge < -0.3 is 0 Å². The third kappa shape index (κ3) is 2.79. The van der Waals surface area contributed by atoms with Crippen LogP contribution < -0.4 is 5.14 Å². The van der Waals surface area contributed by atoms with Crippen LogP contribution in [0.25, 0.3) is 11.1 Å². The Hall–Kier alpha value is -1.95. The fraction of sp³-hybridized carbons (Fsp3) is 0.167. The molecule has 0 saturated heterocycles. The number of primary sulfonamides is 1. The van der Waals surface area contributed by atoms with Crippen LogP contribution in [-0.2, 0) is 10.0 Å². The molecule has 2 aliphatic rings. The number of halogens is 1. The SMILES string of the molecule is NS(=O)(=O)c1ccc(C2=CC3(C=C2c2ccc(Cl)cc2)CC3)cn1. The minimum absolute atomic E-state index is 0.122. The highest BCUT2D eigenvalue weighted by Gasteiger charge is 2.43. The Morgan fingerprint density at radius 2 is 1.54 bits per heavy atom. The van der Waals surface area contributed by atoms with Crippen molar-refractivity contribution in [1.29, 1.82) is 0 Å². The van der Waals surface area contributed by atoms with E-state index in [1.807, 2.05) is 24.3 Å². The van der Waals surface area contributed by atoms with Crippen LogP contribution in [0, 0.1) is 5.41 Å². The lowest BCUT2D eigenvalue weighted by atomic mass is 9.96. The highest BCUT2D eigenvalue weighted by atomic mass is 35.5. The van der Waals surface area contributed by atoms with E-state index in [1.165, 1.54) is 6.07 Å². The quantitative estimate of drug-likeness (QED) is 0.910. The van der Waals surface area contributed by atoms with E-state index in [0.717, 1.165) is 35.1 Å². The Labute approximate surface area is 145 Å². The van der Waals surface area contributed by atoms with E-state index < -0.39 is 10.0 Å². The second-order valence-electron chi connectivity index (χ2n) is 6.29. The van der Waals surface area contributed by atoms with E-state index in [1.54, 1.807) is 12.3 Å². The maximum Gasteiger partial charge on any atom is 0.255 e. The molecule has 24 heavy (non-hydrogen) atoms. The molecular weight excluding hydrogens is 344 g/mol. The van der Waals surface area contributed by atoms with Gasteiger partial charge in [-0.05, 0) is 53.8 Å². The minimum Gasteiger partial charge on any atom is -0.243 e. The van der Waals surface area contributed by atoms with Gasteiger partial charge in [0.2, 0.25) is 0 Å². The molecule has 0 atom stereocenters. The molecule has 1 aromatic heterocycles. The first-order valence-corrected chi connectivity index (χ1v) is 9.50. The Balaban J connectivity index is 1.76. The number of pyridine rings is 1. The molecule has 0 amide bonds. The monoisotopic (exact) mass is 358 g/mol. The van der Waals surface area contributed by atoms with Crippen molar-refractivity contribution in [1.82, 2.24) is 4.98 Å². The molecule has 122 valence electrons. The molecule has 1 spiro atoms.